The summed E-state index contributed by atoms with van der Waals surface area (Å²) >= 11 is 0. The van der Waals surface area contributed by atoms with Crippen molar-refractivity contribution >= 4 is 31.6 Å². The van der Waals surface area contributed by atoms with Crippen LogP contribution in [-0.2, 0) is 29.6 Å². The summed E-state index contributed by atoms with van der Waals surface area (Å²) in [4.78, 5) is 25.9. The predicted molar refractivity (Wildman–Crippen MR) is 163 cm³/mol. The van der Waals surface area contributed by atoms with Crippen molar-refractivity contribution in [2.45, 2.75) is 75.5 Å². The second kappa shape index (κ2) is 10.9. The van der Waals surface area contributed by atoms with Crippen LogP contribution in [0.1, 0.15) is 63.0 Å². The van der Waals surface area contributed by atoms with E-state index in [2.05, 4.69) is 6.92 Å². The molecule has 232 valence electrons. The molecule has 2 saturated carbocycles. The molecule has 43 heavy (non-hydrogen) atoms. The van der Waals surface area contributed by atoms with Gasteiger partial charge in [-0.1, -0.05) is 61.6 Å². The van der Waals surface area contributed by atoms with Gasteiger partial charge in [-0.3, -0.25) is 9.59 Å². The van der Waals surface area contributed by atoms with Crippen LogP contribution in [0.4, 0.5) is 0 Å². The molecule has 5 unspecified atom stereocenters. The SMILES string of the molecule is CCC(CCCCC12CC(=O)C1CN(S(=O)(=O)c1ccc(C)cc1)C2)C12CC(=O)C1CN(S(=O)(=O)c1ccc(C)cc1)C2. The molecule has 0 aromatic heterocycles. The van der Waals surface area contributed by atoms with E-state index in [4.69, 9.17) is 0 Å². The molecule has 0 bridgehead atoms. The van der Waals surface area contributed by atoms with Gasteiger partial charge in [0.1, 0.15) is 11.6 Å². The lowest BCUT2D eigenvalue weighted by Gasteiger charge is -2.48. The van der Waals surface area contributed by atoms with Crippen molar-refractivity contribution < 1.29 is 26.4 Å². The van der Waals surface area contributed by atoms with E-state index in [-0.39, 0.29) is 63.0 Å². The molecular formula is C33H42N2O6S2. The van der Waals surface area contributed by atoms with Gasteiger partial charge < -0.3 is 0 Å². The molecule has 4 aliphatic rings. The maximum Gasteiger partial charge on any atom is 0.243 e. The van der Waals surface area contributed by atoms with Gasteiger partial charge in [0.05, 0.1) is 9.79 Å². The quantitative estimate of drug-likeness (QED) is 0.333. The number of nitrogens with zero attached hydrogens (tertiary/aromatic N) is 2. The first-order chi connectivity index (χ1) is 20.3. The van der Waals surface area contributed by atoms with Crippen molar-refractivity contribution in [1.29, 1.82) is 0 Å². The highest BCUT2D eigenvalue weighted by Crippen LogP contribution is 2.58. The Morgan fingerprint density at radius 1 is 0.744 bits per heavy atom. The largest absolute Gasteiger partial charge is 0.299 e. The third kappa shape index (κ3) is 5.02. The number of hydrogen-bond donors (Lipinski definition) is 0. The highest BCUT2D eigenvalue weighted by molar-refractivity contribution is 7.89. The van der Waals surface area contributed by atoms with Crippen LogP contribution in [0, 0.1) is 42.4 Å². The molecular weight excluding hydrogens is 585 g/mol. The van der Waals surface area contributed by atoms with Gasteiger partial charge in [-0.15, -0.1) is 0 Å². The molecule has 0 spiro atoms. The number of sulfonamides is 2. The van der Waals surface area contributed by atoms with Crippen LogP contribution in [0.25, 0.3) is 0 Å². The lowest BCUT2D eigenvalue weighted by molar-refractivity contribution is -0.143. The fraction of sp³-hybridized carbons (Fsp3) is 0.576. The Kier molecular flexibility index (Phi) is 7.76. The van der Waals surface area contributed by atoms with Gasteiger partial charge in [0.25, 0.3) is 0 Å². The minimum Gasteiger partial charge on any atom is -0.299 e. The zero-order valence-electron chi connectivity index (χ0n) is 25.3. The maximum absolute atomic E-state index is 13.5. The third-order valence-electron chi connectivity index (χ3n) is 11.1. The van der Waals surface area contributed by atoms with E-state index in [0.29, 0.717) is 25.9 Å². The summed E-state index contributed by atoms with van der Waals surface area (Å²) in [6.45, 7) is 7.23. The monoisotopic (exact) mass is 626 g/mol. The number of carbonyl (C=O) groups is 2. The van der Waals surface area contributed by atoms with Crippen LogP contribution in [0.5, 0.6) is 0 Å². The number of aryl methyl sites for hydroxylation is 2. The van der Waals surface area contributed by atoms with Gasteiger partial charge in [-0.05, 0) is 56.9 Å². The second-order valence-electron chi connectivity index (χ2n) is 13.6. The molecule has 0 radical (unpaired) electrons. The molecule has 10 heteroatoms. The summed E-state index contributed by atoms with van der Waals surface area (Å²) in [6.07, 6.45) is 5.19. The molecule has 2 aliphatic carbocycles. The average molecular weight is 627 g/mol. The van der Waals surface area contributed by atoms with Gasteiger partial charge >= 0.3 is 0 Å². The van der Waals surface area contributed by atoms with E-state index >= 15 is 0 Å². The first-order valence-electron chi connectivity index (χ1n) is 15.5. The Hall–Kier alpha value is -2.40. The van der Waals surface area contributed by atoms with Gasteiger partial charge in [-0.2, -0.15) is 8.61 Å². The summed E-state index contributed by atoms with van der Waals surface area (Å²) in [5, 5.41) is 0. The third-order valence-corrected chi connectivity index (χ3v) is 14.7. The first-order valence-corrected chi connectivity index (χ1v) is 18.4. The molecule has 5 atom stereocenters. The summed E-state index contributed by atoms with van der Waals surface area (Å²) in [5.74, 6) is 0.0588. The second-order valence-corrected chi connectivity index (χ2v) is 17.4. The van der Waals surface area contributed by atoms with Crippen LogP contribution < -0.4 is 0 Å². The van der Waals surface area contributed by atoms with Crippen molar-refractivity contribution in [3.63, 3.8) is 0 Å². The normalized spacial score (nSPS) is 30.0. The van der Waals surface area contributed by atoms with Crippen molar-refractivity contribution in [2.75, 3.05) is 26.2 Å². The number of ketones is 2. The minimum atomic E-state index is -3.68. The van der Waals surface area contributed by atoms with E-state index in [9.17, 15) is 26.4 Å². The molecule has 2 saturated heterocycles. The smallest absolute Gasteiger partial charge is 0.243 e. The predicted octanol–water partition coefficient (Wildman–Crippen LogP) is 4.75. The molecule has 0 amide bonds. The number of Topliss-reactive ketones (excluding diaryl/α,β-unsaturated/α-hetero) is 2. The Labute approximate surface area is 255 Å². The summed E-state index contributed by atoms with van der Waals surface area (Å²) in [7, 11) is -7.33. The highest BCUT2D eigenvalue weighted by Gasteiger charge is 2.63. The number of carbonyl (C=O) groups excluding carboxylic acids is 2. The Balaban J connectivity index is 1.09. The van der Waals surface area contributed by atoms with Crippen LogP contribution in [-0.4, -0.2) is 63.2 Å². The van der Waals surface area contributed by atoms with E-state index in [1.807, 2.05) is 13.8 Å². The number of rotatable bonds is 11. The van der Waals surface area contributed by atoms with Gasteiger partial charge in [-0.25, -0.2) is 16.8 Å². The van der Waals surface area contributed by atoms with Gasteiger partial charge in [0.15, 0.2) is 0 Å². The van der Waals surface area contributed by atoms with Crippen molar-refractivity contribution in [3.05, 3.63) is 59.7 Å². The van der Waals surface area contributed by atoms with E-state index in [1.165, 1.54) is 8.61 Å². The van der Waals surface area contributed by atoms with Gasteiger partial charge in [0.2, 0.25) is 20.0 Å². The number of hydrogen-bond acceptors (Lipinski definition) is 6. The van der Waals surface area contributed by atoms with E-state index in [1.54, 1.807) is 48.5 Å². The zero-order valence-corrected chi connectivity index (χ0v) is 26.9. The van der Waals surface area contributed by atoms with Crippen LogP contribution in [0.15, 0.2) is 58.3 Å². The summed E-state index contributed by atoms with van der Waals surface area (Å²) in [6, 6.07) is 13.8. The Morgan fingerprint density at radius 2 is 1.26 bits per heavy atom. The van der Waals surface area contributed by atoms with E-state index in [0.717, 1.165) is 43.2 Å². The first kappa shape index (κ1) is 30.6. The topological polar surface area (TPSA) is 109 Å². The number of benzene rings is 2. The van der Waals surface area contributed by atoms with E-state index < -0.39 is 20.0 Å². The lowest BCUT2D eigenvalue weighted by Crippen LogP contribution is -2.52. The molecule has 2 aromatic carbocycles. The standard InChI is InChI=1S/C33H42N2O6S2/c1-4-25(33-18-31(37)29(33)20-35(22-33)43(40,41)27-14-10-24(3)11-15-27)7-5-6-16-32-17-30(36)28(32)19-34(21-32)42(38,39)26-12-8-23(2)9-13-26/h8-15,25,28-29H,4-7,16-22H2,1-3H3. The number of unbranched alkanes of at least 4 members (excludes halogenated alkanes) is 1. The lowest BCUT2D eigenvalue weighted by atomic mass is 9.53. The molecule has 2 heterocycles. The Bertz CT molecular complexity index is 1640. The molecule has 4 fully saturated rings. The number of fused-ring (bicyclic) bond motifs is 2. The Morgan fingerprint density at radius 3 is 1.77 bits per heavy atom. The minimum absolute atomic E-state index is 0.156. The van der Waals surface area contributed by atoms with Crippen LogP contribution in [0.3, 0.4) is 0 Å². The van der Waals surface area contributed by atoms with Crippen molar-refractivity contribution in [3.8, 4) is 0 Å². The van der Waals surface area contributed by atoms with Crippen molar-refractivity contribution in [1.82, 2.24) is 8.61 Å². The van der Waals surface area contributed by atoms with Crippen molar-refractivity contribution in [2.24, 2.45) is 28.6 Å². The fourth-order valence-corrected chi connectivity index (χ4v) is 11.5. The average Bonchev–Trinajstić information content (AvgIpc) is 3.46. The molecule has 2 aromatic rings. The molecule has 8 nitrogen and oxygen atoms in total. The molecule has 0 N–H and O–H groups in total. The van der Waals surface area contributed by atoms with Crippen LogP contribution >= 0.6 is 0 Å². The zero-order chi connectivity index (χ0) is 30.8. The highest BCUT2D eigenvalue weighted by atomic mass is 32.2. The van der Waals surface area contributed by atoms with Crippen LogP contribution in [0.2, 0.25) is 0 Å². The molecule has 2 aliphatic heterocycles. The summed E-state index contributed by atoms with van der Waals surface area (Å²) in [5.41, 5.74) is 1.38. The fourth-order valence-electron chi connectivity index (χ4n) is 8.44. The van der Waals surface area contributed by atoms with Gasteiger partial charge in [0, 0.05) is 61.7 Å². The molecule has 6 rings (SSSR count). The maximum atomic E-state index is 13.5. The summed E-state index contributed by atoms with van der Waals surface area (Å²) < 4.78 is 56.7.